The third kappa shape index (κ3) is 8.36. The number of ether oxygens (including phenoxy) is 1. The summed E-state index contributed by atoms with van der Waals surface area (Å²) in [7, 11) is 1.59. The van der Waals surface area contributed by atoms with Gasteiger partial charge in [-0.1, -0.05) is 26.7 Å². The van der Waals surface area contributed by atoms with Gasteiger partial charge in [-0.25, -0.2) is 4.79 Å². The Morgan fingerprint density at radius 3 is 2.27 bits per heavy atom. The predicted octanol–water partition coefficient (Wildman–Crippen LogP) is 2.03. The molecule has 0 aromatic heterocycles. The number of hydrogen-bond donors (Lipinski definition) is 1. The molecular formula is C27H43N3O7. The SMILES string of the molecule is CC(=O)[C@@H](CC(C)C)N(C)C(=O)[C@@H]1CCCN1C(=O)[C@H](C)OC(=O)[C@H](CCC=O)NC(=O)C1CCCC1. The molecule has 10 nitrogen and oxygen atoms in total. The Kier molecular flexibility index (Phi) is 11.7. The van der Waals surface area contributed by atoms with E-state index in [1.165, 1.54) is 23.6 Å². The van der Waals surface area contributed by atoms with Gasteiger partial charge in [0.15, 0.2) is 11.9 Å². The number of aldehydes is 1. The van der Waals surface area contributed by atoms with Crippen LogP contribution in [-0.4, -0.2) is 83.4 Å². The number of ketones is 1. The van der Waals surface area contributed by atoms with Crippen LogP contribution in [0.4, 0.5) is 0 Å². The van der Waals surface area contributed by atoms with E-state index in [1.807, 2.05) is 13.8 Å². The van der Waals surface area contributed by atoms with Crippen LogP contribution in [0.1, 0.15) is 85.5 Å². The lowest BCUT2D eigenvalue weighted by Gasteiger charge is -2.33. The molecular weight excluding hydrogens is 478 g/mol. The van der Waals surface area contributed by atoms with Gasteiger partial charge in [-0.15, -0.1) is 0 Å². The fraction of sp³-hybridized carbons (Fsp3) is 0.778. The second-order valence-corrected chi connectivity index (χ2v) is 10.8. The van der Waals surface area contributed by atoms with Gasteiger partial charge in [0.25, 0.3) is 5.91 Å². The lowest BCUT2D eigenvalue weighted by atomic mass is 9.99. The number of carbonyl (C=O) groups is 6. The zero-order chi connectivity index (χ0) is 27.7. The van der Waals surface area contributed by atoms with Crippen LogP contribution in [0, 0.1) is 11.8 Å². The van der Waals surface area contributed by atoms with Crippen molar-refractivity contribution in [2.75, 3.05) is 13.6 Å². The number of carbonyl (C=O) groups excluding carboxylic acids is 6. The van der Waals surface area contributed by atoms with Gasteiger partial charge < -0.3 is 24.6 Å². The number of amides is 3. The van der Waals surface area contributed by atoms with Crippen LogP contribution in [0.15, 0.2) is 0 Å². The second-order valence-electron chi connectivity index (χ2n) is 10.8. The topological polar surface area (TPSA) is 130 Å². The zero-order valence-electron chi connectivity index (χ0n) is 22.9. The van der Waals surface area contributed by atoms with Crippen LogP contribution in [0.2, 0.25) is 0 Å². The second kappa shape index (κ2) is 14.2. The van der Waals surface area contributed by atoms with E-state index in [-0.39, 0.29) is 42.3 Å². The van der Waals surface area contributed by atoms with Crippen molar-refractivity contribution >= 4 is 35.8 Å². The molecule has 2 aliphatic rings. The summed E-state index contributed by atoms with van der Waals surface area (Å²) >= 11 is 0. The summed E-state index contributed by atoms with van der Waals surface area (Å²) < 4.78 is 5.43. The summed E-state index contributed by atoms with van der Waals surface area (Å²) in [5.74, 6) is -1.88. The maximum Gasteiger partial charge on any atom is 0.329 e. The van der Waals surface area contributed by atoms with E-state index in [2.05, 4.69) is 5.32 Å². The molecule has 2 rings (SSSR count). The molecule has 1 N–H and O–H groups in total. The molecule has 1 aliphatic heterocycles. The highest BCUT2D eigenvalue weighted by Crippen LogP contribution is 2.25. The molecule has 1 heterocycles. The summed E-state index contributed by atoms with van der Waals surface area (Å²) in [5, 5.41) is 2.70. The highest BCUT2D eigenvalue weighted by Gasteiger charge is 2.40. The monoisotopic (exact) mass is 521 g/mol. The van der Waals surface area contributed by atoms with Gasteiger partial charge >= 0.3 is 5.97 Å². The molecule has 1 saturated heterocycles. The molecule has 0 bridgehead atoms. The molecule has 10 heteroatoms. The average molecular weight is 522 g/mol. The molecule has 0 aromatic rings. The summed E-state index contributed by atoms with van der Waals surface area (Å²) in [6.07, 6.45) is 4.69. The van der Waals surface area contributed by atoms with E-state index in [4.69, 9.17) is 4.74 Å². The first-order valence-corrected chi connectivity index (χ1v) is 13.5. The summed E-state index contributed by atoms with van der Waals surface area (Å²) in [4.78, 5) is 77.9. The standard InChI is InChI=1S/C27H43N3O7/c1-17(2)16-23(18(3)32)29(5)26(35)22-13-8-14-30(22)25(34)19(4)37-27(36)21(12-9-15-31)28-24(33)20-10-6-7-11-20/h15,17,19-23H,6-14,16H2,1-5H3,(H,28,33)/t19-,21-,22-,23+/m0/s1. The van der Waals surface area contributed by atoms with Crippen molar-refractivity contribution in [1.29, 1.82) is 0 Å². The van der Waals surface area contributed by atoms with Crippen LogP contribution in [-0.2, 0) is 33.5 Å². The number of Topliss-reactive ketones (excluding diaryl/α,β-unsaturated/α-hetero) is 1. The minimum absolute atomic E-state index is 0.0652. The zero-order valence-corrected chi connectivity index (χ0v) is 22.9. The Morgan fingerprint density at radius 1 is 1.05 bits per heavy atom. The van der Waals surface area contributed by atoms with Gasteiger partial charge in [-0.3, -0.25) is 19.2 Å². The van der Waals surface area contributed by atoms with Crippen LogP contribution in [0.3, 0.4) is 0 Å². The predicted molar refractivity (Wildman–Crippen MR) is 136 cm³/mol. The maximum absolute atomic E-state index is 13.3. The van der Waals surface area contributed by atoms with Crippen LogP contribution < -0.4 is 5.32 Å². The van der Waals surface area contributed by atoms with Crippen LogP contribution in [0.5, 0.6) is 0 Å². The van der Waals surface area contributed by atoms with Crippen molar-refractivity contribution in [3.05, 3.63) is 0 Å². The number of esters is 1. The molecule has 1 saturated carbocycles. The largest absolute Gasteiger partial charge is 0.451 e. The molecule has 37 heavy (non-hydrogen) atoms. The maximum atomic E-state index is 13.3. The van der Waals surface area contributed by atoms with Crippen molar-refractivity contribution in [3.63, 3.8) is 0 Å². The summed E-state index contributed by atoms with van der Waals surface area (Å²) in [5.41, 5.74) is 0. The highest BCUT2D eigenvalue weighted by molar-refractivity contribution is 5.94. The number of likely N-dealkylation sites (tertiary alicyclic amines) is 1. The molecule has 0 unspecified atom stereocenters. The van der Waals surface area contributed by atoms with E-state index in [1.54, 1.807) is 7.05 Å². The fourth-order valence-electron chi connectivity index (χ4n) is 5.22. The van der Waals surface area contributed by atoms with Gasteiger partial charge in [0.2, 0.25) is 11.8 Å². The van der Waals surface area contributed by atoms with Gasteiger partial charge in [-0.2, -0.15) is 0 Å². The first-order chi connectivity index (χ1) is 17.5. The highest BCUT2D eigenvalue weighted by atomic mass is 16.5. The van der Waals surface area contributed by atoms with Crippen molar-refractivity contribution < 1.29 is 33.5 Å². The summed E-state index contributed by atoms with van der Waals surface area (Å²) in [6, 6.07) is -2.33. The number of likely N-dealkylation sites (N-methyl/N-ethyl adjacent to an activating group) is 1. The van der Waals surface area contributed by atoms with E-state index in [0.717, 1.165) is 25.7 Å². The third-order valence-electron chi connectivity index (χ3n) is 7.34. The summed E-state index contributed by atoms with van der Waals surface area (Å²) in [6.45, 7) is 7.20. The van der Waals surface area contributed by atoms with Crippen molar-refractivity contribution in [1.82, 2.24) is 15.1 Å². The van der Waals surface area contributed by atoms with E-state index >= 15 is 0 Å². The first-order valence-electron chi connectivity index (χ1n) is 13.5. The Bertz CT molecular complexity index is 853. The number of hydrogen-bond acceptors (Lipinski definition) is 7. The molecule has 2 fully saturated rings. The molecule has 0 aromatic carbocycles. The van der Waals surface area contributed by atoms with E-state index in [9.17, 15) is 28.8 Å². The van der Waals surface area contributed by atoms with Crippen molar-refractivity contribution in [2.45, 2.75) is 110 Å². The Morgan fingerprint density at radius 2 is 1.70 bits per heavy atom. The Hall–Kier alpha value is -2.78. The molecule has 0 spiro atoms. The molecule has 1 aliphatic carbocycles. The average Bonchev–Trinajstić information content (AvgIpc) is 3.55. The number of nitrogens with one attached hydrogen (secondary N) is 1. The molecule has 4 atom stereocenters. The lowest BCUT2D eigenvalue weighted by Crippen LogP contribution is -2.53. The van der Waals surface area contributed by atoms with Gasteiger partial charge in [0, 0.05) is 25.9 Å². The van der Waals surface area contributed by atoms with Gasteiger partial charge in [0.1, 0.15) is 18.4 Å². The minimum Gasteiger partial charge on any atom is -0.451 e. The lowest BCUT2D eigenvalue weighted by molar-refractivity contribution is -0.163. The normalized spacial score (nSPS) is 20.3. The van der Waals surface area contributed by atoms with Crippen LogP contribution >= 0.6 is 0 Å². The van der Waals surface area contributed by atoms with E-state index < -0.39 is 36.1 Å². The minimum atomic E-state index is -1.17. The van der Waals surface area contributed by atoms with Gasteiger partial charge in [0.05, 0.1) is 6.04 Å². The molecule has 3 amide bonds. The smallest absolute Gasteiger partial charge is 0.329 e. The van der Waals surface area contributed by atoms with Crippen molar-refractivity contribution in [2.24, 2.45) is 11.8 Å². The quantitative estimate of drug-likeness (QED) is 0.290. The van der Waals surface area contributed by atoms with Crippen LogP contribution in [0.25, 0.3) is 0 Å². The molecule has 208 valence electrons. The number of rotatable bonds is 13. The van der Waals surface area contributed by atoms with Crippen molar-refractivity contribution in [3.8, 4) is 0 Å². The molecule has 0 radical (unpaired) electrons. The van der Waals surface area contributed by atoms with Gasteiger partial charge in [-0.05, 0) is 58.3 Å². The fourth-order valence-corrected chi connectivity index (χ4v) is 5.22. The third-order valence-corrected chi connectivity index (χ3v) is 7.34. The Balaban J connectivity index is 2.05. The van der Waals surface area contributed by atoms with E-state index in [0.29, 0.717) is 32.1 Å². The Labute approximate surface area is 219 Å². The number of nitrogens with zero attached hydrogens (tertiary/aromatic N) is 2. The first kappa shape index (κ1) is 30.4.